The predicted octanol–water partition coefficient (Wildman–Crippen LogP) is 1.25. The van der Waals surface area contributed by atoms with Crippen molar-refractivity contribution in [2.24, 2.45) is 0 Å². The molecule has 92 valence electrons. The van der Waals surface area contributed by atoms with Crippen molar-refractivity contribution in [2.75, 3.05) is 14.2 Å². The Hall–Kier alpha value is -2.18. The van der Waals surface area contributed by atoms with Crippen LogP contribution in [0.4, 0.5) is 8.78 Å². The van der Waals surface area contributed by atoms with Crippen molar-refractivity contribution in [1.82, 2.24) is 0 Å². The number of hydrogen-bond donors (Lipinski definition) is 1. The zero-order valence-electron chi connectivity index (χ0n) is 8.91. The Morgan fingerprint density at radius 3 is 2.06 bits per heavy atom. The average molecular weight is 246 g/mol. The summed E-state index contributed by atoms with van der Waals surface area (Å²) in [6, 6.07) is 0.359. The van der Waals surface area contributed by atoms with E-state index >= 15 is 0 Å². The minimum absolute atomic E-state index is 0.359. The predicted molar refractivity (Wildman–Crippen MR) is 51.4 cm³/mol. The van der Waals surface area contributed by atoms with Crippen molar-refractivity contribution in [3.8, 4) is 11.5 Å². The van der Waals surface area contributed by atoms with E-state index < -0.39 is 40.4 Å². The third-order valence-electron chi connectivity index (χ3n) is 1.97. The van der Waals surface area contributed by atoms with Gasteiger partial charge in [0.05, 0.1) is 14.2 Å². The number of halogens is 2. The minimum Gasteiger partial charge on any atom is -0.492 e. The lowest BCUT2D eigenvalue weighted by Gasteiger charge is -2.12. The maximum Gasteiger partial charge on any atom is 0.377 e. The van der Waals surface area contributed by atoms with E-state index in [1.54, 1.807) is 0 Å². The fourth-order valence-electron chi connectivity index (χ4n) is 1.28. The number of Topliss-reactive ketones (excluding diaryl/α,β-unsaturated/α-hetero) is 1. The highest BCUT2D eigenvalue weighted by molar-refractivity contribution is 6.40. The van der Waals surface area contributed by atoms with Crippen LogP contribution in [0.5, 0.6) is 11.5 Å². The molecule has 0 saturated heterocycles. The SMILES string of the molecule is COc1c(F)cc(F)c(C(=O)C(=O)O)c1OC. The molecule has 1 N–H and O–H groups in total. The van der Waals surface area contributed by atoms with Crippen LogP contribution in [0, 0.1) is 11.6 Å². The Bertz CT molecular complexity index is 484. The molecule has 0 aliphatic carbocycles. The van der Waals surface area contributed by atoms with Gasteiger partial charge in [0.1, 0.15) is 11.4 Å². The Kier molecular flexibility index (Phi) is 3.62. The molecule has 0 aromatic heterocycles. The van der Waals surface area contributed by atoms with Crippen LogP contribution < -0.4 is 9.47 Å². The molecule has 0 fully saturated rings. The Balaban J connectivity index is 3.58. The van der Waals surface area contributed by atoms with Crippen molar-refractivity contribution in [3.63, 3.8) is 0 Å². The van der Waals surface area contributed by atoms with Crippen LogP contribution in [0.15, 0.2) is 6.07 Å². The third-order valence-corrected chi connectivity index (χ3v) is 1.97. The molecule has 0 spiro atoms. The number of carboxylic acid groups (broad SMARTS) is 1. The smallest absolute Gasteiger partial charge is 0.377 e. The van der Waals surface area contributed by atoms with Gasteiger partial charge in [-0.05, 0) is 0 Å². The molecular formula is C10H8F2O5. The topological polar surface area (TPSA) is 72.8 Å². The Morgan fingerprint density at radius 2 is 1.65 bits per heavy atom. The first-order valence-corrected chi connectivity index (χ1v) is 4.31. The first-order valence-electron chi connectivity index (χ1n) is 4.31. The number of carbonyl (C=O) groups excluding carboxylic acids is 1. The van der Waals surface area contributed by atoms with Crippen LogP contribution in [0.3, 0.4) is 0 Å². The van der Waals surface area contributed by atoms with Crippen LogP contribution >= 0.6 is 0 Å². The van der Waals surface area contributed by atoms with Crippen molar-refractivity contribution in [1.29, 1.82) is 0 Å². The van der Waals surface area contributed by atoms with E-state index in [2.05, 4.69) is 9.47 Å². The van der Waals surface area contributed by atoms with Crippen LogP contribution in [0.1, 0.15) is 10.4 Å². The highest BCUT2D eigenvalue weighted by Crippen LogP contribution is 2.35. The lowest BCUT2D eigenvalue weighted by Crippen LogP contribution is -2.16. The van der Waals surface area contributed by atoms with Crippen LogP contribution in [-0.2, 0) is 4.79 Å². The van der Waals surface area contributed by atoms with Crippen molar-refractivity contribution in [2.45, 2.75) is 0 Å². The van der Waals surface area contributed by atoms with Gasteiger partial charge in [-0.25, -0.2) is 13.6 Å². The molecule has 1 aromatic rings. The maximum atomic E-state index is 13.4. The molecule has 17 heavy (non-hydrogen) atoms. The zero-order valence-corrected chi connectivity index (χ0v) is 8.91. The van der Waals surface area contributed by atoms with Gasteiger partial charge in [-0.15, -0.1) is 0 Å². The second-order valence-electron chi connectivity index (χ2n) is 2.92. The second-order valence-corrected chi connectivity index (χ2v) is 2.92. The molecule has 7 heteroatoms. The quantitative estimate of drug-likeness (QED) is 0.639. The lowest BCUT2D eigenvalue weighted by molar-refractivity contribution is -0.131. The van der Waals surface area contributed by atoms with E-state index in [0.717, 1.165) is 14.2 Å². The van der Waals surface area contributed by atoms with E-state index in [1.165, 1.54) is 0 Å². The van der Waals surface area contributed by atoms with E-state index in [9.17, 15) is 18.4 Å². The van der Waals surface area contributed by atoms with E-state index in [4.69, 9.17) is 5.11 Å². The van der Waals surface area contributed by atoms with Crippen molar-refractivity contribution in [3.05, 3.63) is 23.3 Å². The number of ether oxygens (including phenoxy) is 2. The van der Waals surface area contributed by atoms with Crippen LogP contribution in [0.2, 0.25) is 0 Å². The van der Waals surface area contributed by atoms with Crippen molar-refractivity contribution >= 4 is 11.8 Å². The largest absolute Gasteiger partial charge is 0.492 e. The Labute approximate surface area is 94.6 Å². The van der Waals surface area contributed by atoms with Crippen LogP contribution in [0.25, 0.3) is 0 Å². The average Bonchev–Trinajstić information content (AvgIpc) is 2.27. The van der Waals surface area contributed by atoms with Gasteiger partial charge >= 0.3 is 5.97 Å². The molecule has 0 radical (unpaired) electrons. The van der Waals surface area contributed by atoms with Crippen molar-refractivity contribution < 1.29 is 33.0 Å². The molecule has 0 atom stereocenters. The van der Waals surface area contributed by atoms with Crippen LogP contribution in [-0.4, -0.2) is 31.1 Å². The molecule has 0 aliphatic rings. The number of hydrogen-bond acceptors (Lipinski definition) is 4. The fourth-order valence-corrected chi connectivity index (χ4v) is 1.28. The van der Waals surface area contributed by atoms with E-state index in [-0.39, 0.29) is 0 Å². The molecule has 1 aromatic carbocycles. The number of ketones is 1. The molecule has 1 rings (SSSR count). The number of methoxy groups -OCH3 is 2. The normalized spacial score (nSPS) is 9.88. The zero-order chi connectivity index (χ0) is 13.2. The first-order chi connectivity index (χ1) is 7.93. The maximum absolute atomic E-state index is 13.4. The van der Waals surface area contributed by atoms with E-state index in [0.29, 0.717) is 6.07 Å². The Morgan fingerprint density at radius 1 is 1.12 bits per heavy atom. The monoisotopic (exact) mass is 246 g/mol. The van der Waals surface area contributed by atoms with Gasteiger partial charge in [-0.2, -0.15) is 0 Å². The van der Waals surface area contributed by atoms with Gasteiger partial charge in [0, 0.05) is 6.07 Å². The molecule has 0 saturated carbocycles. The molecule has 0 unspecified atom stereocenters. The van der Waals surface area contributed by atoms with Gasteiger partial charge < -0.3 is 14.6 Å². The number of carbonyl (C=O) groups is 2. The molecule has 0 aliphatic heterocycles. The molecule has 0 amide bonds. The molecule has 0 heterocycles. The molecule has 5 nitrogen and oxygen atoms in total. The fraction of sp³-hybridized carbons (Fsp3) is 0.200. The van der Waals surface area contributed by atoms with Gasteiger partial charge in [0.25, 0.3) is 5.78 Å². The summed E-state index contributed by atoms with van der Waals surface area (Å²) in [5.74, 6) is -6.96. The number of benzene rings is 1. The summed E-state index contributed by atoms with van der Waals surface area (Å²) in [6.45, 7) is 0. The number of rotatable bonds is 4. The highest BCUT2D eigenvalue weighted by atomic mass is 19.1. The van der Waals surface area contributed by atoms with Gasteiger partial charge in [-0.1, -0.05) is 0 Å². The van der Waals surface area contributed by atoms with Gasteiger partial charge in [0.15, 0.2) is 17.3 Å². The number of carboxylic acids is 1. The van der Waals surface area contributed by atoms with Gasteiger partial charge in [0.2, 0.25) is 0 Å². The summed E-state index contributed by atoms with van der Waals surface area (Å²) in [4.78, 5) is 21.7. The summed E-state index contributed by atoms with van der Waals surface area (Å²) in [6.07, 6.45) is 0. The van der Waals surface area contributed by atoms with E-state index in [1.807, 2.05) is 0 Å². The summed E-state index contributed by atoms with van der Waals surface area (Å²) >= 11 is 0. The summed E-state index contributed by atoms with van der Waals surface area (Å²) in [7, 11) is 2.11. The first kappa shape index (κ1) is 12.9. The highest BCUT2D eigenvalue weighted by Gasteiger charge is 2.29. The minimum atomic E-state index is -1.88. The molecular weight excluding hydrogens is 238 g/mol. The molecule has 0 bridgehead atoms. The second kappa shape index (κ2) is 4.77. The third kappa shape index (κ3) is 2.17. The summed E-state index contributed by atoms with van der Waals surface area (Å²) in [5.41, 5.74) is -0.877. The lowest BCUT2D eigenvalue weighted by atomic mass is 10.1. The number of aliphatic carboxylic acids is 1. The summed E-state index contributed by atoms with van der Waals surface area (Å²) < 4.78 is 35.8. The van der Waals surface area contributed by atoms with Gasteiger partial charge in [-0.3, -0.25) is 4.79 Å². The summed E-state index contributed by atoms with van der Waals surface area (Å²) in [5, 5.41) is 8.51. The standard InChI is InChI=1S/C10H8F2O5/c1-16-8-5(12)3-4(11)6(9(8)17-2)7(13)10(14)15/h3H,1-2H3,(H,14,15).